The molecule has 0 saturated heterocycles. The molecule has 4 aromatic carbocycles. The van der Waals surface area contributed by atoms with Crippen molar-refractivity contribution in [3.8, 4) is 17.2 Å². The molecular formula is C32H28AlN2O3. The van der Waals surface area contributed by atoms with Crippen LogP contribution in [0.4, 0.5) is 0 Å². The van der Waals surface area contributed by atoms with Gasteiger partial charge in [0, 0.05) is 22.2 Å². The average molecular weight is 516 g/mol. The summed E-state index contributed by atoms with van der Waals surface area (Å²) in [6.45, 7) is 3.82. The number of benzene rings is 4. The first-order valence-electron chi connectivity index (χ1n) is 12.2. The number of fused-ring (bicyclic) bond motifs is 2. The molecule has 0 spiro atoms. The van der Waals surface area contributed by atoms with Gasteiger partial charge in [-0.05, 0) is 50.2 Å². The first-order valence-corrected chi connectivity index (χ1v) is 13.2. The maximum Gasteiger partial charge on any atom is 0.570 e. The Balaban J connectivity index is 0.000000133. The van der Waals surface area contributed by atoms with Crippen LogP contribution in [0, 0.1) is 13.8 Å². The number of aromatic nitrogens is 2. The zero-order valence-corrected chi connectivity index (χ0v) is 22.5. The number of phenols is 2. The highest BCUT2D eigenvalue weighted by Gasteiger charge is 2.01. The molecule has 0 fully saturated rings. The van der Waals surface area contributed by atoms with E-state index in [1.54, 1.807) is 12.1 Å². The van der Waals surface area contributed by atoms with Crippen molar-refractivity contribution in [3.63, 3.8) is 0 Å². The van der Waals surface area contributed by atoms with Crippen LogP contribution in [0.3, 0.4) is 0 Å². The van der Waals surface area contributed by atoms with Gasteiger partial charge in [-0.15, -0.1) is 0 Å². The van der Waals surface area contributed by atoms with Crippen LogP contribution in [0.1, 0.15) is 11.4 Å². The predicted molar refractivity (Wildman–Crippen MR) is 155 cm³/mol. The van der Waals surface area contributed by atoms with E-state index < -0.39 is 0 Å². The quantitative estimate of drug-likeness (QED) is 0.263. The van der Waals surface area contributed by atoms with E-state index in [2.05, 4.69) is 22.1 Å². The maximum atomic E-state index is 9.43. The highest BCUT2D eigenvalue weighted by Crippen LogP contribution is 2.22. The number of aryl methyl sites for hydroxylation is 2. The smallest absolute Gasteiger partial charge is 0.570 e. The van der Waals surface area contributed by atoms with Crippen molar-refractivity contribution in [2.24, 2.45) is 0 Å². The van der Waals surface area contributed by atoms with Gasteiger partial charge in [-0.3, -0.25) is 0 Å². The molecule has 0 unspecified atom stereocenters. The zero-order valence-electron chi connectivity index (χ0n) is 21.3. The summed E-state index contributed by atoms with van der Waals surface area (Å²) in [5.74, 6) is 1.44. The third-order valence-electron chi connectivity index (χ3n) is 5.55. The van der Waals surface area contributed by atoms with E-state index in [1.807, 2.05) is 111 Å². The molecule has 0 aliphatic carbocycles. The Morgan fingerprint density at radius 1 is 0.526 bits per heavy atom. The average Bonchev–Trinajstić information content (AvgIpc) is 2.95. The molecular weight excluding hydrogens is 487 g/mol. The topological polar surface area (TPSA) is 75.5 Å². The van der Waals surface area contributed by atoms with Crippen LogP contribution in [0.25, 0.3) is 21.8 Å². The number of pyridine rings is 2. The molecule has 0 atom stereocenters. The first kappa shape index (κ1) is 26.7. The number of nitrogens with zero attached hydrogens (tertiary/aromatic N) is 2. The van der Waals surface area contributed by atoms with Crippen molar-refractivity contribution >= 4 is 41.8 Å². The van der Waals surface area contributed by atoms with Crippen LogP contribution >= 0.6 is 0 Å². The van der Waals surface area contributed by atoms with Crippen molar-refractivity contribution in [1.29, 1.82) is 0 Å². The summed E-state index contributed by atoms with van der Waals surface area (Å²) in [4.78, 5) is 8.45. The van der Waals surface area contributed by atoms with Gasteiger partial charge in [0.25, 0.3) is 0 Å². The largest absolute Gasteiger partial charge is 0.645 e. The molecule has 187 valence electrons. The summed E-state index contributed by atoms with van der Waals surface area (Å²) in [5, 5.41) is 20.8. The minimum atomic E-state index is -0.114. The number of aromatic hydroxyl groups is 2. The third-order valence-corrected chi connectivity index (χ3v) is 6.60. The van der Waals surface area contributed by atoms with Crippen molar-refractivity contribution in [1.82, 2.24) is 9.97 Å². The zero-order chi connectivity index (χ0) is 26.7. The molecule has 2 N–H and O–H groups in total. The van der Waals surface area contributed by atoms with Crippen molar-refractivity contribution in [3.05, 3.63) is 133 Å². The van der Waals surface area contributed by atoms with Gasteiger partial charge in [0.1, 0.15) is 22.5 Å². The van der Waals surface area contributed by atoms with Crippen LogP contribution in [-0.2, 0) is 0 Å². The third kappa shape index (κ3) is 7.57. The Morgan fingerprint density at radius 3 is 1.50 bits per heavy atom. The SMILES string of the molecule is Cc1ccc2cccc(O)c2n1.Cc1ccc2cccc(O)c2n1.c1ccc([O][Al][c]2ccccc2)cc1. The van der Waals surface area contributed by atoms with E-state index in [-0.39, 0.29) is 27.1 Å². The lowest BCUT2D eigenvalue weighted by Gasteiger charge is -2.04. The second kappa shape index (κ2) is 13.3. The molecule has 0 aliphatic rings. The lowest BCUT2D eigenvalue weighted by atomic mass is 10.2. The lowest BCUT2D eigenvalue weighted by Crippen LogP contribution is -2.19. The second-order valence-corrected chi connectivity index (χ2v) is 9.70. The number of hydrogen-bond donors (Lipinski definition) is 2. The number of hydrogen-bond acceptors (Lipinski definition) is 5. The molecule has 0 saturated carbocycles. The monoisotopic (exact) mass is 515 g/mol. The van der Waals surface area contributed by atoms with Crippen LogP contribution in [0.5, 0.6) is 17.2 Å². The molecule has 0 amide bonds. The number of rotatable bonds is 3. The molecule has 2 heterocycles. The Labute approximate surface area is 229 Å². The summed E-state index contributed by atoms with van der Waals surface area (Å²) < 4.78 is 6.95. The summed E-state index contributed by atoms with van der Waals surface area (Å²) in [6.07, 6.45) is 0. The molecule has 5 nitrogen and oxygen atoms in total. The van der Waals surface area contributed by atoms with Gasteiger partial charge in [-0.2, -0.15) is 0 Å². The molecule has 6 aromatic rings. The van der Waals surface area contributed by atoms with Gasteiger partial charge in [0.2, 0.25) is 0 Å². The van der Waals surface area contributed by atoms with E-state index >= 15 is 0 Å². The van der Waals surface area contributed by atoms with Crippen molar-refractivity contribution in [2.45, 2.75) is 13.8 Å². The van der Waals surface area contributed by atoms with Gasteiger partial charge >= 0.3 is 15.6 Å². The first-order chi connectivity index (χ1) is 18.5. The summed E-state index contributed by atoms with van der Waals surface area (Å²) in [7, 11) is 0. The van der Waals surface area contributed by atoms with Gasteiger partial charge in [0.05, 0.1) is 5.75 Å². The lowest BCUT2D eigenvalue weighted by molar-refractivity contribution is 0.480. The summed E-state index contributed by atoms with van der Waals surface area (Å²) in [5.41, 5.74) is 3.20. The molecule has 0 aliphatic heterocycles. The fraction of sp³-hybridized carbons (Fsp3) is 0.0625. The van der Waals surface area contributed by atoms with Crippen LogP contribution in [-0.4, -0.2) is 35.7 Å². The fourth-order valence-electron chi connectivity index (χ4n) is 3.62. The molecule has 38 heavy (non-hydrogen) atoms. The second-order valence-electron chi connectivity index (χ2n) is 8.56. The van der Waals surface area contributed by atoms with Gasteiger partial charge in [0.15, 0.2) is 0 Å². The fourth-order valence-corrected chi connectivity index (χ4v) is 4.43. The standard InChI is InChI=1S/2C10H9NO.C6H6O.C6H5.Al/c2*1-7-5-6-8-3-2-4-9(12)10(8)11-7;7-6-4-2-1-3-5-6;1-2-4-6-5-3-1;/h2*2-6,12H,1H3;1-5,7H;1-5H;/q;;;;+1/p-1. The Kier molecular flexibility index (Phi) is 9.31. The van der Waals surface area contributed by atoms with Crippen LogP contribution in [0.2, 0.25) is 0 Å². The van der Waals surface area contributed by atoms with E-state index in [0.717, 1.165) is 27.9 Å². The van der Waals surface area contributed by atoms with E-state index in [1.165, 1.54) is 4.43 Å². The Morgan fingerprint density at radius 2 is 1.00 bits per heavy atom. The van der Waals surface area contributed by atoms with Gasteiger partial charge in [-0.1, -0.05) is 89.4 Å². The van der Waals surface area contributed by atoms with Crippen LogP contribution < -0.4 is 8.21 Å². The molecule has 2 aromatic heterocycles. The summed E-state index contributed by atoms with van der Waals surface area (Å²) >= 11 is -0.114. The molecule has 6 heteroatoms. The predicted octanol–water partition coefficient (Wildman–Crippen LogP) is 6.51. The normalized spacial score (nSPS) is 10.1. The Hall–Kier alpha value is -4.37. The van der Waals surface area contributed by atoms with Crippen LogP contribution in [0.15, 0.2) is 121 Å². The Bertz CT molecular complexity index is 1490. The van der Waals surface area contributed by atoms with E-state index in [4.69, 9.17) is 3.79 Å². The maximum absolute atomic E-state index is 9.43. The van der Waals surface area contributed by atoms with Gasteiger partial charge in [-0.25, -0.2) is 9.97 Å². The summed E-state index contributed by atoms with van der Waals surface area (Å²) in [6, 6.07) is 38.8. The minimum Gasteiger partial charge on any atom is -0.645 e. The van der Waals surface area contributed by atoms with Crippen molar-refractivity contribution in [2.75, 3.05) is 0 Å². The number of phenolic OH excluding ortho intramolecular Hbond substituents is 2. The number of para-hydroxylation sites is 3. The highest BCUT2D eigenvalue weighted by molar-refractivity contribution is 6.47. The van der Waals surface area contributed by atoms with Gasteiger partial charge < -0.3 is 14.0 Å². The molecule has 0 bridgehead atoms. The highest BCUT2D eigenvalue weighted by atomic mass is 27.1. The van der Waals surface area contributed by atoms with E-state index in [9.17, 15) is 10.2 Å². The molecule has 1 radical (unpaired) electrons. The van der Waals surface area contributed by atoms with E-state index in [0.29, 0.717) is 11.0 Å². The minimum absolute atomic E-state index is 0.114. The van der Waals surface area contributed by atoms with Crippen molar-refractivity contribution < 1.29 is 14.0 Å². The molecule has 6 rings (SSSR count).